The summed E-state index contributed by atoms with van der Waals surface area (Å²) in [6.45, 7) is 1.18. The second-order valence-electron chi connectivity index (χ2n) is 8.73. The molecule has 0 aromatic rings. The van der Waals surface area contributed by atoms with Gasteiger partial charge in [0.05, 0.1) is 17.0 Å². The molecule has 144 valence electrons. The van der Waals surface area contributed by atoms with Crippen LogP contribution in [0.5, 0.6) is 0 Å². The van der Waals surface area contributed by atoms with Gasteiger partial charge in [-0.25, -0.2) is 0 Å². The lowest BCUT2D eigenvalue weighted by molar-refractivity contribution is -0.293. The van der Waals surface area contributed by atoms with Crippen molar-refractivity contribution in [2.24, 2.45) is 11.8 Å². The summed E-state index contributed by atoms with van der Waals surface area (Å²) in [7, 11) is -3.90. The highest BCUT2D eigenvalue weighted by atomic mass is 32.2. The van der Waals surface area contributed by atoms with E-state index in [2.05, 4.69) is 0 Å². The van der Waals surface area contributed by atoms with Gasteiger partial charge in [0.1, 0.15) is 0 Å². The Balaban J connectivity index is 1.40. The minimum absolute atomic E-state index is 0.0680. The van der Waals surface area contributed by atoms with Crippen molar-refractivity contribution >= 4 is 10.1 Å². The topological polar surface area (TPSA) is 82.1 Å². The van der Waals surface area contributed by atoms with Crippen LogP contribution in [0.15, 0.2) is 0 Å². The van der Waals surface area contributed by atoms with E-state index in [1.807, 2.05) is 0 Å². The fourth-order valence-corrected chi connectivity index (χ4v) is 6.50. The van der Waals surface area contributed by atoms with Gasteiger partial charge in [-0.15, -0.1) is 0 Å². The zero-order valence-electron chi connectivity index (χ0n) is 14.8. The maximum absolute atomic E-state index is 10.9. The number of hydrogen-bond donors (Lipinski definition) is 1. The van der Waals surface area contributed by atoms with Crippen LogP contribution in [0.4, 0.5) is 0 Å². The highest BCUT2D eigenvalue weighted by molar-refractivity contribution is 7.85. The molecule has 4 saturated carbocycles. The van der Waals surface area contributed by atoms with Crippen molar-refractivity contribution in [3.63, 3.8) is 0 Å². The molecule has 0 aromatic carbocycles. The molecule has 0 spiro atoms. The predicted octanol–water partition coefficient (Wildman–Crippen LogP) is 2.92. The van der Waals surface area contributed by atoms with Crippen LogP contribution in [-0.2, 0) is 24.3 Å². The molecule has 3 atom stereocenters. The Bertz CT molecular complexity index is 568. The molecule has 1 aliphatic heterocycles. The summed E-state index contributed by atoms with van der Waals surface area (Å²) in [5.41, 5.74) is -0.285. The Kier molecular flexibility index (Phi) is 4.90. The van der Waals surface area contributed by atoms with Crippen LogP contribution >= 0.6 is 0 Å². The van der Waals surface area contributed by atoms with E-state index >= 15 is 0 Å². The van der Waals surface area contributed by atoms with Crippen LogP contribution in [-0.4, -0.2) is 49.4 Å². The van der Waals surface area contributed by atoms with Gasteiger partial charge in [-0.2, -0.15) is 8.42 Å². The second kappa shape index (κ2) is 6.75. The first kappa shape index (κ1) is 18.2. The van der Waals surface area contributed by atoms with Crippen molar-refractivity contribution in [3.05, 3.63) is 0 Å². The van der Waals surface area contributed by atoms with Crippen LogP contribution in [0.3, 0.4) is 0 Å². The average Bonchev–Trinajstić information content (AvgIpc) is 2.50. The number of rotatable bonds is 7. The van der Waals surface area contributed by atoms with Crippen molar-refractivity contribution in [1.29, 1.82) is 0 Å². The molecule has 5 aliphatic rings. The molecule has 5 fully saturated rings. The Labute approximate surface area is 150 Å². The predicted molar refractivity (Wildman–Crippen MR) is 91.8 cm³/mol. The lowest BCUT2D eigenvalue weighted by atomic mass is 9.52. The lowest BCUT2D eigenvalue weighted by Crippen LogP contribution is -2.62. The van der Waals surface area contributed by atoms with Gasteiger partial charge in [-0.3, -0.25) is 4.55 Å². The quantitative estimate of drug-likeness (QED) is 0.545. The van der Waals surface area contributed by atoms with E-state index in [-0.39, 0.29) is 23.2 Å². The summed E-state index contributed by atoms with van der Waals surface area (Å²) in [6.07, 6.45) is 10.1. The van der Waals surface area contributed by atoms with Crippen LogP contribution in [0.2, 0.25) is 0 Å². The molecule has 5 rings (SSSR count). The van der Waals surface area contributed by atoms with E-state index in [0.29, 0.717) is 24.9 Å². The molecule has 0 radical (unpaired) electrons. The zero-order valence-corrected chi connectivity index (χ0v) is 15.6. The Morgan fingerprint density at radius 3 is 2.44 bits per heavy atom. The molecule has 25 heavy (non-hydrogen) atoms. The normalized spacial score (nSPS) is 43.5. The van der Waals surface area contributed by atoms with Crippen molar-refractivity contribution in [2.75, 3.05) is 19.0 Å². The first-order valence-electron chi connectivity index (χ1n) is 9.74. The Hall–Kier alpha value is -0.210. The van der Waals surface area contributed by atoms with Gasteiger partial charge in [0.2, 0.25) is 0 Å². The van der Waals surface area contributed by atoms with Crippen LogP contribution in [0, 0.1) is 11.8 Å². The van der Waals surface area contributed by atoms with Crippen molar-refractivity contribution in [2.45, 2.75) is 81.7 Å². The number of hydrogen-bond acceptors (Lipinski definition) is 5. The molecule has 0 amide bonds. The second-order valence-corrected chi connectivity index (χ2v) is 10.3. The third-order valence-corrected chi connectivity index (χ3v) is 7.23. The highest BCUT2D eigenvalue weighted by Gasteiger charge is 2.59. The van der Waals surface area contributed by atoms with E-state index in [9.17, 15) is 8.42 Å². The minimum Gasteiger partial charge on any atom is -0.375 e. The van der Waals surface area contributed by atoms with Gasteiger partial charge in [-0.1, -0.05) is 0 Å². The van der Waals surface area contributed by atoms with Crippen molar-refractivity contribution in [3.8, 4) is 0 Å². The van der Waals surface area contributed by atoms with E-state index in [1.165, 1.54) is 12.8 Å². The van der Waals surface area contributed by atoms with Gasteiger partial charge >= 0.3 is 0 Å². The molecule has 1 heterocycles. The maximum Gasteiger partial charge on any atom is 0.264 e. The van der Waals surface area contributed by atoms with E-state index < -0.39 is 10.1 Å². The lowest BCUT2D eigenvalue weighted by Gasteiger charge is -2.61. The summed E-state index contributed by atoms with van der Waals surface area (Å²) < 4.78 is 49.3. The summed E-state index contributed by atoms with van der Waals surface area (Å²) in [5.74, 6) is 1.06. The first-order chi connectivity index (χ1) is 11.9. The van der Waals surface area contributed by atoms with Gasteiger partial charge in [0.15, 0.2) is 6.29 Å². The molecule has 4 bridgehead atoms. The highest BCUT2D eigenvalue weighted by Crippen LogP contribution is 2.60. The van der Waals surface area contributed by atoms with Crippen LogP contribution < -0.4 is 0 Å². The van der Waals surface area contributed by atoms with Crippen molar-refractivity contribution < 1.29 is 27.2 Å². The minimum atomic E-state index is -3.90. The third-order valence-electron chi connectivity index (χ3n) is 6.43. The third kappa shape index (κ3) is 4.21. The standard InChI is InChI=1S/C18H30O6S/c19-25(20,21)7-3-6-23-17-9-14-8-15(10-17)12-18(11-14,13-17)24-16-4-1-2-5-22-16/h14-16H,1-13H2,(H,19,20,21). The molecule has 1 saturated heterocycles. The zero-order chi connectivity index (χ0) is 17.5. The largest absolute Gasteiger partial charge is 0.375 e. The average molecular weight is 374 g/mol. The fraction of sp³-hybridized carbons (Fsp3) is 1.00. The van der Waals surface area contributed by atoms with E-state index in [4.69, 9.17) is 18.8 Å². The van der Waals surface area contributed by atoms with E-state index in [1.54, 1.807) is 0 Å². The molecule has 3 unspecified atom stereocenters. The van der Waals surface area contributed by atoms with Crippen LogP contribution in [0.25, 0.3) is 0 Å². The molecule has 7 heteroatoms. The van der Waals surface area contributed by atoms with Gasteiger partial charge < -0.3 is 14.2 Å². The first-order valence-corrected chi connectivity index (χ1v) is 11.3. The van der Waals surface area contributed by atoms with E-state index in [0.717, 1.165) is 51.6 Å². The fourth-order valence-electron chi connectivity index (χ4n) is 6.02. The maximum atomic E-state index is 10.9. The summed E-state index contributed by atoms with van der Waals surface area (Å²) >= 11 is 0. The van der Waals surface area contributed by atoms with Gasteiger partial charge in [0, 0.05) is 19.6 Å². The van der Waals surface area contributed by atoms with Crippen molar-refractivity contribution in [1.82, 2.24) is 0 Å². The molecule has 1 N–H and O–H groups in total. The van der Waals surface area contributed by atoms with Gasteiger partial charge in [-0.05, 0) is 69.6 Å². The molecular weight excluding hydrogens is 344 g/mol. The summed E-state index contributed by atoms with van der Waals surface area (Å²) in [4.78, 5) is 0. The van der Waals surface area contributed by atoms with Crippen LogP contribution in [0.1, 0.15) is 64.2 Å². The van der Waals surface area contributed by atoms with Gasteiger partial charge in [0.25, 0.3) is 10.1 Å². The molecular formula is C18H30O6S. The molecule has 6 nitrogen and oxygen atoms in total. The Morgan fingerprint density at radius 1 is 1.08 bits per heavy atom. The summed E-state index contributed by atoms with van der Waals surface area (Å²) in [6, 6.07) is 0. The summed E-state index contributed by atoms with van der Waals surface area (Å²) in [5, 5.41) is 0. The molecule has 4 aliphatic carbocycles. The SMILES string of the molecule is O=S(=O)(O)CCCOC12CC3CC(C1)CC(OC1CCCCO1)(C3)C2. The monoisotopic (exact) mass is 374 g/mol. The smallest absolute Gasteiger partial charge is 0.264 e. The number of ether oxygens (including phenoxy) is 3. The Morgan fingerprint density at radius 2 is 1.80 bits per heavy atom. The molecule has 0 aromatic heterocycles.